The fourth-order valence-corrected chi connectivity index (χ4v) is 3.89. The zero-order chi connectivity index (χ0) is 21.5. The van der Waals surface area contributed by atoms with E-state index in [0.717, 1.165) is 36.5 Å². The molecule has 1 fully saturated rings. The Morgan fingerprint density at radius 1 is 1.13 bits per heavy atom. The molecule has 0 bridgehead atoms. The molecule has 0 unspecified atom stereocenters. The number of rotatable bonds is 7. The first-order valence-electron chi connectivity index (χ1n) is 10.6. The third-order valence-electron chi connectivity index (χ3n) is 5.33. The number of nitrogens with one attached hydrogen (secondary N) is 2. The van der Waals surface area contributed by atoms with Gasteiger partial charge in [-0.15, -0.1) is 0 Å². The summed E-state index contributed by atoms with van der Waals surface area (Å²) in [6.07, 6.45) is 1.80. The number of likely N-dealkylation sites (tertiary alicyclic amines) is 1. The highest BCUT2D eigenvalue weighted by atomic mass is 35.5. The number of carbonyl (C=O) groups excluding carboxylic acids is 2. The van der Waals surface area contributed by atoms with E-state index in [-0.39, 0.29) is 17.7 Å². The predicted octanol–water partition coefficient (Wildman–Crippen LogP) is 4.58. The van der Waals surface area contributed by atoms with Gasteiger partial charge in [0, 0.05) is 24.7 Å². The first-order valence-corrected chi connectivity index (χ1v) is 11.0. The molecule has 6 heteroatoms. The van der Waals surface area contributed by atoms with Crippen LogP contribution >= 0.6 is 11.6 Å². The topological polar surface area (TPSA) is 61.4 Å². The second-order valence-electron chi connectivity index (χ2n) is 8.30. The first-order chi connectivity index (χ1) is 14.4. The summed E-state index contributed by atoms with van der Waals surface area (Å²) < 4.78 is 0. The second kappa shape index (κ2) is 10.6. The van der Waals surface area contributed by atoms with Gasteiger partial charge in [-0.3, -0.25) is 14.5 Å². The van der Waals surface area contributed by atoms with Crippen molar-refractivity contribution in [1.82, 2.24) is 10.2 Å². The van der Waals surface area contributed by atoms with Gasteiger partial charge in [-0.05, 0) is 49.1 Å². The van der Waals surface area contributed by atoms with Gasteiger partial charge in [0.1, 0.15) is 0 Å². The van der Waals surface area contributed by atoms with Crippen LogP contribution in [0.15, 0.2) is 48.5 Å². The van der Waals surface area contributed by atoms with Gasteiger partial charge in [0.25, 0.3) is 5.91 Å². The maximum Gasteiger partial charge on any atom is 0.253 e. The summed E-state index contributed by atoms with van der Waals surface area (Å²) in [4.78, 5) is 27.8. The van der Waals surface area contributed by atoms with Crippen LogP contribution in [0.25, 0.3) is 0 Å². The van der Waals surface area contributed by atoms with Gasteiger partial charge in [0.05, 0.1) is 17.2 Å². The molecule has 2 amide bonds. The van der Waals surface area contributed by atoms with E-state index in [2.05, 4.69) is 15.5 Å². The van der Waals surface area contributed by atoms with Crippen LogP contribution in [0.3, 0.4) is 0 Å². The van der Waals surface area contributed by atoms with Gasteiger partial charge in [-0.25, -0.2) is 0 Å². The van der Waals surface area contributed by atoms with Gasteiger partial charge < -0.3 is 10.6 Å². The number of anilines is 1. The number of carbonyl (C=O) groups is 2. The monoisotopic (exact) mass is 427 g/mol. The van der Waals surface area contributed by atoms with Crippen molar-refractivity contribution in [1.29, 1.82) is 0 Å². The van der Waals surface area contributed by atoms with Crippen molar-refractivity contribution < 1.29 is 9.59 Å². The summed E-state index contributed by atoms with van der Waals surface area (Å²) in [6.45, 7) is 7.05. The number of halogens is 1. The molecule has 5 nitrogen and oxygen atoms in total. The van der Waals surface area contributed by atoms with E-state index in [1.54, 1.807) is 12.1 Å². The molecular formula is C24H30ClN3O2. The zero-order valence-corrected chi connectivity index (χ0v) is 18.4. The summed E-state index contributed by atoms with van der Waals surface area (Å²) in [5.41, 5.74) is 2.13. The van der Waals surface area contributed by atoms with Crippen molar-refractivity contribution in [2.75, 3.05) is 25.0 Å². The molecule has 160 valence electrons. The zero-order valence-electron chi connectivity index (χ0n) is 17.7. The number of piperidine rings is 1. The lowest BCUT2D eigenvalue weighted by molar-refractivity contribution is -0.121. The van der Waals surface area contributed by atoms with Crippen molar-refractivity contribution in [3.05, 3.63) is 64.7 Å². The molecule has 0 aromatic heterocycles. The van der Waals surface area contributed by atoms with Gasteiger partial charge in [0.2, 0.25) is 5.91 Å². The molecule has 2 N–H and O–H groups in total. The molecule has 2 aromatic carbocycles. The van der Waals surface area contributed by atoms with E-state index in [9.17, 15) is 9.59 Å². The Bertz CT molecular complexity index is 884. The van der Waals surface area contributed by atoms with Crippen molar-refractivity contribution in [3.63, 3.8) is 0 Å². The molecule has 3 rings (SSSR count). The average Bonchev–Trinajstić information content (AvgIpc) is 2.74. The Morgan fingerprint density at radius 2 is 1.87 bits per heavy atom. The number of hydrogen-bond donors (Lipinski definition) is 2. The van der Waals surface area contributed by atoms with Crippen molar-refractivity contribution in [3.8, 4) is 0 Å². The van der Waals surface area contributed by atoms with Crippen LogP contribution in [0.5, 0.6) is 0 Å². The predicted molar refractivity (Wildman–Crippen MR) is 122 cm³/mol. The Kier molecular flexibility index (Phi) is 7.88. The minimum absolute atomic E-state index is 0.0389. The number of amides is 2. The van der Waals surface area contributed by atoms with Gasteiger partial charge >= 0.3 is 0 Å². The van der Waals surface area contributed by atoms with E-state index >= 15 is 0 Å². The molecule has 1 aliphatic rings. The Labute approximate surface area is 183 Å². The van der Waals surface area contributed by atoms with Gasteiger partial charge in [0.15, 0.2) is 0 Å². The van der Waals surface area contributed by atoms with Gasteiger partial charge in [-0.2, -0.15) is 0 Å². The fourth-order valence-electron chi connectivity index (χ4n) is 3.70. The molecule has 1 aliphatic heterocycles. The van der Waals surface area contributed by atoms with Crippen LogP contribution < -0.4 is 10.6 Å². The number of hydrogen-bond acceptors (Lipinski definition) is 3. The highest BCUT2D eigenvalue weighted by molar-refractivity contribution is 6.31. The Hall–Kier alpha value is -2.37. The minimum atomic E-state index is -0.163. The lowest BCUT2D eigenvalue weighted by Crippen LogP contribution is -2.40. The van der Waals surface area contributed by atoms with Crippen LogP contribution in [0.2, 0.25) is 5.02 Å². The molecular weight excluding hydrogens is 398 g/mol. The number of para-hydroxylation sites is 1. The summed E-state index contributed by atoms with van der Waals surface area (Å²) in [6, 6.07) is 15.0. The van der Waals surface area contributed by atoms with Crippen LogP contribution in [0, 0.1) is 11.8 Å². The highest BCUT2D eigenvalue weighted by Crippen LogP contribution is 2.24. The molecule has 0 aliphatic carbocycles. The van der Waals surface area contributed by atoms with Crippen LogP contribution in [-0.2, 0) is 11.3 Å². The number of benzene rings is 2. The average molecular weight is 428 g/mol. The Morgan fingerprint density at radius 3 is 2.63 bits per heavy atom. The van der Waals surface area contributed by atoms with Crippen molar-refractivity contribution in [2.24, 2.45) is 11.8 Å². The molecule has 1 atom stereocenters. The minimum Gasteiger partial charge on any atom is -0.352 e. The molecule has 30 heavy (non-hydrogen) atoms. The van der Waals surface area contributed by atoms with Gasteiger partial charge in [-0.1, -0.05) is 55.8 Å². The molecule has 0 saturated carbocycles. The number of nitrogens with zero attached hydrogens (tertiary/aromatic N) is 1. The standard InChI is InChI=1S/C24H30ClN3O2/c1-17(2)14-26-24(30)20-10-4-6-12-22(20)27-23(29)19-9-7-13-28(16-19)15-18-8-3-5-11-21(18)25/h3-6,8,10-12,17,19H,7,9,13-16H2,1-2H3,(H,26,30)(H,27,29)/t19-/m1/s1. The van der Waals surface area contributed by atoms with Crippen molar-refractivity contribution in [2.45, 2.75) is 33.2 Å². The maximum atomic E-state index is 13.0. The van der Waals surface area contributed by atoms with Crippen molar-refractivity contribution >= 4 is 29.1 Å². The SMILES string of the molecule is CC(C)CNC(=O)c1ccccc1NC(=O)[C@@H]1CCCN(Cc2ccccc2Cl)C1. The summed E-state index contributed by atoms with van der Waals surface area (Å²) >= 11 is 6.30. The van der Waals surface area contributed by atoms with E-state index < -0.39 is 0 Å². The quantitative estimate of drug-likeness (QED) is 0.680. The maximum absolute atomic E-state index is 13.0. The summed E-state index contributed by atoms with van der Waals surface area (Å²) in [7, 11) is 0. The lowest BCUT2D eigenvalue weighted by Gasteiger charge is -2.32. The molecule has 0 spiro atoms. The largest absolute Gasteiger partial charge is 0.352 e. The fraction of sp³-hybridized carbons (Fsp3) is 0.417. The second-order valence-corrected chi connectivity index (χ2v) is 8.71. The first kappa shape index (κ1) is 22.3. The van der Waals surface area contributed by atoms with Crippen LogP contribution in [0.1, 0.15) is 42.6 Å². The lowest BCUT2D eigenvalue weighted by atomic mass is 9.96. The van der Waals surface area contributed by atoms with E-state index in [1.165, 1.54) is 0 Å². The van der Waals surface area contributed by atoms with E-state index in [1.807, 2.05) is 50.2 Å². The molecule has 0 radical (unpaired) electrons. The third-order valence-corrected chi connectivity index (χ3v) is 5.70. The normalized spacial score (nSPS) is 17.0. The van der Waals surface area contributed by atoms with Crippen LogP contribution in [0.4, 0.5) is 5.69 Å². The molecule has 1 heterocycles. The Balaban J connectivity index is 1.63. The molecule has 1 saturated heterocycles. The van der Waals surface area contributed by atoms with E-state index in [4.69, 9.17) is 11.6 Å². The summed E-state index contributed by atoms with van der Waals surface area (Å²) in [5, 5.41) is 6.67. The summed E-state index contributed by atoms with van der Waals surface area (Å²) in [5.74, 6) is 0.0432. The third kappa shape index (κ3) is 6.07. The molecule has 2 aromatic rings. The highest BCUT2D eigenvalue weighted by Gasteiger charge is 2.27. The van der Waals surface area contributed by atoms with Crippen LogP contribution in [-0.4, -0.2) is 36.3 Å². The van der Waals surface area contributed by atoms with E-state index in [0.29, 0.717) is 30.3 Å². The smallest absolute Gasteiger partial charge is 0.253 e.